The van der Waals surface area contributed by atoms with Crippen molar-refractivity contribution in [3.8, 4) is 0 Å². The summed E-state index contributed by atoms with van der Waals surface area (Å²) in [6.45, 7) is 2.83. The Hall–Kier alpha value is -1.91. The SMILES string of the molecule is O=C(CC1CC1)N1C[C@@H]2CCN(Cc3cccnc3)C(=O)[C@@H]2C1. The largest absolute Gasteiger partial charge is 0.342 e. The van der Waals surface area contributed by atoms with Crippen molar-refractivity contribution in [2.45, 2.75) is 32.2 Å². The normalized spacial score (nSPS) is 27.2. The third-order valence-electron chi connectivity index (χ3n) is 5.45. The second kappa shape index (κ2) is 5.95. The monoisotopic (exact) mass is 313 g/mol. The van der Waals surface area contributed by atoms with Gasteiger partial charge in [0, 0.05) is 45.0 Å². The summed E-state index contributed by atoms with van der Waals surface area (Å²) in [7, 11) is 0. The van der Waals surface area contributed by atoms with Crippen molar-refractivity contribution >= 4 is 11.8 Å². The van der Waals surface area contributed by atoms with E-state index in [1.165, 1.54) is 12.8 Å². The molecule has 122 valence electrons. The molecular formula is C18H23N3O2. The van der Waals surface area contributed by atoms with Gasteiger partial charge in [0.1, 0.15) is 0 Å². The Morgan fingerprint density at radius 1 is 1.26 bits per heavy atom. The predicted molar refractivity (Wildman–Crippen MR) is 85.2 cm³/mol. The van der Waals surface area contributed by atoms with Gasteiger partial charge < -0.3 is 9.80 Å². The molecule has 0 spiro atoms. The van der Waals surface area contributed by atoms with Gasteiger partial charge in [0.25, 0.3) is 0 Å². The van der Waals surface area contributed by atoms with Crippen LogP contribution in [0.25, 0.3) is 0 Å². The van der Waals surface area contributed by atoms with Crippen LogP contribution in [-0.4, -0.2) is 46.2 Å². The molecule has 1 saturated carbocycles. The molecule has 0 unspecified atom stereocenters. The Morgan fingerprint density at radius 2 is 2.13 bits per heavy atom. The maximum atomic E-state index is 12.8. The lowest BCUT2D eigenvalue weighted by atomic mass is 9.88. The van der Waals surface area contributed by atoms with Gasteiger partial charge in [0.15, 0.2) is 0 Å². The standard InChI is InChI=1S/C18H23N3O2/c22-17(8-13-3-4-13)21-11-15-5-7-20(18(23)16(15)12-21)10-14-2-1-6-19-9-14/h1-2,6,9,13,15-16H,3-5,7-8,10-12H2/t15-,16+/m0/s1. The van der Waals surface area contributed by atoms with Crippen LogP contribution in [0.4, 0.5) is 0 Å². The van der Waals surface area contributed by atoms with Crippen molar-refractivity contribution in [2.24, 2.45) is 17.8 Å². The van der Waals surface area contributed by atoms with E-state index in [4.69, 9.17) is 0 Å². The van der Waals surface area contributed by atoms with E-state index in [2.05, 4.69) is 4.98 Å². The Balaban J connectivity index is 1.39. The molecule has 1 aromatic rings. The maximum absolute atomic E-state index is 12.8. The highest BCUT2D eigenvalue weighted by Gasteiger charge is 2.44. The molecule has 2 amide bonds. The predicted octanol–water partition coefficient (Wildman–Crippen LogP) is 1.69. The fourth-order valence-electron chi connectivity index (χ4n) is 3.88. The fraction of sp³-hybridized carbons (Fsp3) is 0.611. The van der Waals surface area contributed by atoms with Crippen molar-refractivity contribution in [1.82, 2.24) is 14.8 Å². The Bertz CT molecular complexity index is 600. The van der Waals surface area contributed by atoms with Crippen LogP contribution in [-0.2, 0) is 16.1 Å². The van der Waals surface area contributed by atoms with Crippen LogP contribution in [0.3, 0.4) is 0 Å². The van der Waals surface area contributed by atoms with Crippen LogP contribution in [0.15, 0.2) is 24.5 Å². The fourth-order valence-corrected chi connectivity index (χ4v) is 3.88. The van der Waals surface area contributed by atoms with Crippen molar-refractivity contribution in [2.75, 3.05) is 19.6 Å². The molecule has 2 saturated heterocycles. The smallest absolute Gasteiger partial charge is 0.228 e. The number of aromatic nitrogens is 1. The third-order valence-corrected chi connectivity index (χ3v) is 5.45. The van der Waals surface area contributed by atoms with Crippen LogP contribution >= 0.6 is 0 Å². The zero-order valence-electron chi connectivity index (χ0n) is 13.4. The second-order valence-electron chi connectivity index (χ2n) is 7.22. The highest BCUT2D eigenvalue weighted by atomic mass is 16.2. The first-order chi connectivity index (χ1) is 11.2. The molecule has 0 radical (unpaired) electrons. The molecule has 2 aliphatic heterocycles. The number of rotatable bonds is 4. The summed E-state index contributed by atoms with van der Waals surface area (Å²) in [5.74, 6) is 1.45. The number of piperidine rings is 1. The first-order valence-corrected chi connectivity index (χ1v) is 8.66. The number of hydrogen-bond acceptors (Lipinski definition) is 3. The third kappa shape index (κ3) is 3.09. The summed E-state index contributed by atoms with van der Waals surface area (Å²) in [4.78, 5) is 33.1. The first kappa shape index (κ1) is 14.7. The summed E-state index contributed by atoms with van der Waals surface area (Å²) in [5, 5.41) is 0. The van der Waals surface area contributed by atoms with Crippen LogP contribution in [0.2, 0.25) is 0 Å². The molecule has 1 aliphatic carbocycles. The maximum Gasteiger partial charge on any atom is 0.228 e. The van der Waals surface area contributed by atoms with Gasteiger partial charge in [0.05, 0.1) is 5.92 Å². The average Bonchev–Trinajstić information content (AvgIpc) is 3.26. The number of carbonyl (C=O) groups excluding carboxylic acids is 2. The molecule has 3 fully saturated rings. The van der Waals surface area contributed by atoms with Crippen molar-refractivity contribution in [3.05, 3.63) is 30.1 Å². The van der Waals surface area contributed by atoms with Crippen molar-refractivity contribution < 1.29 is 9.59 Å². The van der Waals surface area contributed by atoms with Gasteiger partial charge in [-0.15, -0.1) is 0 Å². The molecule has 23 heavy (non-hydrogen) atoms. The topological polar surface area (TPSA) is 53.5 Å². The van der Waals surface area contributed by atoms with Crippen LogP contribution in [0.5, 0.6) is 0 Å². The average molecular weight is 313 g/mol. The number of nitrogens with zero attached hydrogens (tertiary/aromatic N) is 3. The molecule has 4 rings (SSSR count). The molecule has 0 aromatic carbocycles. The zero-order chi connectivity index (χ0) is 15.8. The number of pyridine rings is 1. The Morgan fingerprint density at radius 3 is 2.87 bits per heavy atom. The molecule has 0 N–H and O–H groups in total. The number of amides is 2. The van der Waals surface area contributed by atoms with E-state index < -0.39 is 0 Å². The number of fused-ring (bicyclic) bond motifs is 1. The van der Waals surface area contributed by atoms with E-state index >= 15 is 0 Å². The molecule has 2 atom stereocenters. The number of carbonyl (C=O) groups is 2. The summed E-state index contributed by atoms with van der Waals surface area (Å²) >= 11 is 0. The minimum absolute atomic E-state index is 0.00331. The van der Waals surface area contributed by atoms with Gasteiger partial charge in [-0.05, 0) is 42.7 Å². The van der Waals surface area contributed by atoms with Gasteiger partial charge in [0.2, 0.25) is 11.8 Å². The van der Waals surface area contributed by atoms with Crippen LogP contribution < -0.4 is 0 Å². The molecular weight excluding hydrogens is 290 g/mol. The van der Waals surface area contributed by atoms with E-state index in [9.17, 15) is 9.59 Å². The van der Waals surface area contributed by atoms with Gasteiger partial charge in [-0.1, -0.05) is 6.07 Å². The summed E-state index contributed by atoms with van der Waals surface area (Å²) in [6.07, 6.45) is 7.66. The summed E-state index contributed by atoms with van der Waals surface area (Å²) in [6, 6.07) is 3.91. The lowest BCUT2D eigenvalue weighted by molar-refractivity contribution is -0.140. The minimum atomic E-state index is 0.00331. The van der Waals surface area contributed by atoms with Gasteiger partial charge in [-0.2, -0.15) is 0 Å². The molecule has 1 aromatic heterocycles. The van der Waals surface area contributed by atoms with E-state index in [0.717, 1.165) is 25.1 Å². The Labute approximate surface area is 136 Å². The van der Waals surface area contributed by atoms with Crippen LogP contribution in [0, 0.1) is 17.8 Å². The van der Waals surface area contributed by atoms with E-state index in [1.54, 1.807) is 6.20 Å². The Kier molecular flexibility index (Phi) is 3.79. The molecule has 5 heteroatoms. The van der Waals surface area contributed by atoms with E-state index in [-0.39, 0.29) is 17.7 Å². The molecule has 3 aliphatic rings. The van der Waals surface area contributed by atoms with Crippen LogP contribution in [0.1, 0.15) is 31.2 Å². The van der Waals surface area contributed by atoms with Gasteiger partial charge in [-0.25, -0.2) is 0 Å². The minimum Gasteiger partial charge on any atom is -0.342 e. The van der Waals surface area contributed by atoms with E-state index in [0.29, 0.717) is 31.3 Å². The lowest BCUT2D eigenvalue weighted by Crippen LogP contribution is -2.44. The number of hydrogen-bond donors (Lipinski definition) is 0. The lowest BCUT2D eigenvalue weighted by Gasteiger charge is -2.33. The molecule has 5 nitrogen and oxygen atoms in total. The summed E-state index contributed by atoms with van der Waals surface area (Å²) < 4.78 is 0. The second-order valence-corrected chi connectivity index (χ2v) is 7.22. The van der Waals surface area contributed by atoms with Crippen molar-refractivity contribution in [3.63, 3.8) is 0 Å². The first-order valence-electron chi connectivity index (χ1n) is 8.66. The quantitative estimate of drug-likeness (QED) is 0.850. The number of likely N-dealkylation sites (tertiary alicyclic amines) is 2. The molecule has 3 heterocycles. The highest BCUT2D eigenvalue weighted by molar-refractivity contribution is 5.83. The van der Waals surface area contributed by atoms with Crippen molar-refractivity contribution in [1.29, 1.82) is 0 Å². The van der Waals surface area contributed by atoms with Gasteiger partial charge >= 0.3 is 0 Å². The zero-order valence-corrected chi connectivity index (χ0v) is 13.4. The summed E-state index contributed by atoms with van der Waals surface area (Å²) in [5.41, 5.74) is 1.07. The molecule has 0 bridgehead atoms. The van der Waals surface area contributed by atoms with E-state index in [1.807, 2.05) is 28.1 Å². The highest BCUT2D eigenvalue weighted by Crippen LogP contribution is 2.36. The van der Waals surface area contributed by atoms with Gasteiger partial charge in [-0.3, -0.25) is 14.6 Å².